The molecule has 3 rings (SSSR count). The summed E-state index contributed by atoms with van der Waals surface area (Å²) in [6.45, 7) is 6.01. The van der Waals surface area contributed by atoms with E-state index in [0.717, 1.165) is 37.7 Å². The van der Waals surface area contributed by atoms with Crippen LogP contribution in [0.2, 0.25) is 0 Å². The molecule has 1 N–H and O–H groups in total. The van der Waals surface area contributed by atoms with Crippen LogP contribution in [0, 0.1) is 6.92 Å². The molecule has 3 heterocycles. The summed E-state index contributed by atoms with van der Waals surface area (Å²) in [6.07, 6.45) is 1.55. The number of hydrogen-bond acceptors (Lipinski definition) is 5. The lowest BCUT2D eigenvalue weighted by Gasteiger charge is -2.29. The number of piperazine rings is 1. The van der Waals surface area contributed by atoms with E-state index >= 15 is 0 Å². The summed E-state index contributed by atoms with van der Waals surface area (Å²) in [4.78, 5) is 10.8. The first-order valence-corrected chi connectivity index (χ1v) is 5.47. The van der Waals surface area contributed by atoms with Gasteiger partial charge in [0.1, 0.15) is 12.1 Å². The van der Waals surface area contributed by atoms with Crippen LogP contribution in [-0.4, -0.2) is 45.8 Å². The van der Waals surface area contributed by atoms with Crippen molar-refractivity contribution in [2.24, 2.45) is 0 Å². The number of anilines is 1. The van der Waals surface area contributed by atoms with Crippen molar-refractivity contribution in [2.45, 2.75) is 6.92 Å². The van der Waals surface area contributed by atoms with Gasteiger partial charge in [0.05, 0.1) is 0 Å². The van der Waals surface area contributed by atoms with Crippen LogP contribution in [0.3, 0.4) is 0 Å². The molecule has 0 aromatic carbocycles. The molecule has 1 aliphatic heterocycles. The molecular weight excluding hydrogens is 275 g/mol. The SMILES string of the molecule is Cc1cc(N2CCNCC2)n2ncnc2n1.Cl.Cl. The monoisotopic (exact) mass is 290 g/mol. The Hall–Kier alpha value is -1.11. The normalized spacial score (nSPS) is 15.1. The fourth-order valence-electron chi connectivity index (χ4n) is 2.03. The molecule has 1 fully saturated rings. The zero-order valence-electron chi connectivity index (χ0n) is 10.0. The molecule has 0 aliphatic carbocycles. The Morgan fingerprint density at radius 1 is 1.22 bits per heavy atom. The highest BCUT2D eigenvalue weighted by Gasteiger charge is 2.15. The molecular formula is C10H16Cl2N6. The Labute approximate surface area is 118 Å². The van der Waals surface area contributed by atoms with Gasteiger partial charge in [-0.05, 0) is 6.92 Å². The number of halogens is 2. The van der Waals surface area contributed by atoms with Crippen LogP contribution >= 0.6 is 24.8 Å². The number of aromatic nitrogens is 4. The van der Waals surface area contributed by atoms with Crippen molar-refractivity contribution in [1.82, 2.24) is 24.9 Å². The average molecular weight is 291 g/mol. The lowest BCUT2D eigenvalue weighted by Crippen LogP contribution is -2.44. The third kappa shape index (κ3) is 2.66. The van der Waals surface area contributed by atoms with Crippen LogP contribution in [-0.2, 0) is 0 Å². The van der Waals surface area contributed by atoms with E-state index in [1.54, 1.807) is 10.8 Å². The van der Waals surface area contributed by atoms with E-state index in [4.69, 9.17) is 0 Å². The second kappa shape index (κ2) is 6.17. The first kappa shape index (κ1) is 14.9. The Morgan fingerprint density at radius 3 is 2.67 bits per heavy atom. The fraction of sp³-hybridized carbons (Fsp3) is 0.500. The highest BCUT2D eigenvalue weighted by molar-refractivity contribution is 5.85. The molecule has 0 spiro atoms. The van der Waals surface area contributed by atoms with Gasteiger partial charge < -0.3 is 10.2 Å². The molecule has 100 valence electrons. The minimum Gasteiger partial charge on any atom is -0.354 e. The third-order valence-corrected chi connectivity index (χ3v) is 2.80. The first-order valence-electron chi connectivity index (χ1n) is 5.47. The van der Waals surface area contributed by atoms with Gasteiger partial charge in [-0.2, -0.15) is 14.6 Å². The Kier molecular flexibility index (Phi) is 5.13. The standard InChI is InChI=1S/C10H14N6.2ClH/c1-8-6-9(15-4-2-11-3-5-15)16-10(14-8)12-7-13-16;;/h6-7,11H,2-5H2,1H3;2*1H. The Bertz CT molecular complexity index is 508. The maximum Gasteiger partial charge on any atom is 0.254 e. The minimum atomic E-state index is 0. The predicted octanol–water partition coefficient (Wildman–Crippen LogP) is 0.686. The van der Waals surface area contributed by atoms with Crippen molar-refractivity contribution in [3.05, 3.63) is 18.1 Å². The lowest BCUT2D eigenvalue weighted by atomic mass is 10.3. The molecule has 0 unspecified atom stereocenters. The van der Waals surface area contributed by atoms with E-state index in [9.17, 15) is 0 Å². The Balaban J connectivity index is 0.000000810. The van der Waals surface area contributed by atoms with Gasteiger partial charge in [-0.3, -0.25) is 0 Å². The van der Waals surface area contributed by atoms with Gasteiger partial charge in [-0.15, -0.1) is 24.8 Å². The van der Waals surface area contributed by atoms with Gasteiger partial charge in [0.25, 0.3) is 5.78 Å². The van der Waals surface area contributed by atoms with Gasteiger partial charge in [-0.1, -0.05) is 0 Å². The maximum absolute atomic E-state index is 4.34. The lowest BCUT2D eigenvalue weighted by molar-refractivity contribution is 0.579. The van der Waals surface area contributed by atoms with Crippen molar-refractivity contribution in [2.75, 3.05) is 31.1 Å². The molecule has 1 saturated heterocycles. The smallest absolute Gasteiger partial charge is 0.254 e. The molecule has 0 bridgehead atoms. The van der Waals surface area contributed by atoms with Crippen molar-refractivity contribution in [3.63, 3.8) is 0 Å². The summed E-state index contributed by atoms with van der Waals surface area (Å²) in [5.41, 5.74) is 0.981. The number of rotatable bonds is 1. The predicted molar refractivity (Wildman–Crippen MR) is 75.1 cm³/mol. The molecule has 0 saturated carbocycles. The summed E-state index contributed by atoms with van der Waals surface area (Å²) in [5, 5.41) is 7.55. The summed E-state index contributed by atoms with van der Waals surface area (Å²) in [7, 11) is 0. The summed E-state index contributed by atoms with van der Waals surface area (Å²) in [5.74, 6) is 1.76. The van der Waals surface area contributed by atoms with Crippen LogP contribution in [0.1, 0.15) is 5.69 Å². The van der Waals surface area contributed by atoms with Crippen LogP contribution in [0.4, 0.5) is 5.82 Å². The molecule has 2 aromatic heterocycles. The van der Waals surface area contributed by atoms with Crippen molar-refractivity contribution < 1.29 is 0 Å². The van der Waals surface area contributed by atoms with Crippen LogP contribution in [0.15, 0.2) is 12.4 Å². The number of nitrogens with one attached hydrogen (secondary N) is 1. The zero-order chi connectivity index (χ0) is 11.0. The third-order valence-electron chi connectivity index (χ3n) is 2.80. The zero-order valence-corrected chi connectivity index (χ0v) is 11.7. The van der Waals surface area contributed by atoms with Gasteiger partial charge in [-0.25, -0.2) is 4.98 Å². The minimum absolute atomic E-state index is 0. The maximum atomic E-state index is 4.34. The largest absolute Gasteiger partial charge is 0.354 e. The summed E-state index contributed by atoms with van der Waals surface area (Å²) in [6, 6.07) is 2.06. The quantitative estimate of drug-likeness (QED) is 0.837. The van der Waals surface area contributed by atoms with E-state index in [2.05, 4.69) is 31.3 Å². The summed E-state index contributed by atoms with van der Waals surface area (Å²) < 4.78 is 1.80. The number of nitrogens with zero attached hydrogens (tertiary/aromatic N) is 5. The molecule has 2 aromatic rings. The van der Waals surface area contributed by atoms with Crippen LogP contribution in [0.5, 0.6) is 0 Å². The van der Waals surface area contributed by atoms with E-state index in [-0.39, 0.29) is 24.8 Å². The van der Waals surface area contributed by atoms with Crippen LogP contribution in [0.25, 0.3) is 5.78 Å². The van der Waals surface area contributed by atoms with Gasteiger partial charge in [0.15, 0.2) is 0 Å². The molecule has 8 heteroatoms. The number of aryl methyl sites for hydroxylation is 1. The molecule has 0 atom stereocenters. The highest BCUT2D eigenvalue weighted by Crippen LogP contribution is 2.15. The van der Waals surface area contributed by atoms with Gasteiger partial charge >= 0.3 is 0 Å². The van der Waals surface area contributed by atoms with Crippen molar-refractivity contribution in [1.29, 1.82) is 0 Å². The molecule has 0 amide bonds. The Morgan fingerprint density at radius 2 is 1.94 bits per heavy atom. The highest BCUT2D eigenvalue weighted by atomic mass is 35.5. The summed E-state index contributed by atoms with van der Waals surface area (Å²) >= 11 is 0. The topological polar surface area (TPSA) is 58.4 Å². The van der Waals surface area contributed by atoms with Crippen LogP contribution < -0.4 is 10.2 Å². The number of fused-ring (bicyclic) bond motifs is 1. The van der Waals surface area contributed by atoms with E-state index in [0.29, 0.717) is 5.78 Å². The average Bonchev–Trinajstić information content (AvgIpc) is 2.77. The van der Waals surface area contributed by atoms with E-state index in [1.165, 1.54) is 0 Å². The van der Waals surface area contributed by atoms with Gasteiger partial charge in [0.2, 0.25) is 0 Å². The van der Waals surface area contributed by atoms with E-state index in [1.807, 2.05) is 6.92 Å². The molecule has 18 heavy (non-hydrogen) atoms. The van der Waals surface area contributed by atoms with Gasteiger partial charge in [0, 0.05) is 37.9 Å². The fourth-order valence-corrected chi connectivity index (χ4v) is 2.03. The molecule has 0 radical (unpaired) electrons. The first-order chi connectivity index (χ1) is 7.84. The molecule has 6 nitrogen and oxygen atoms in total. The molecule has 1 aliphatic rings. The van der Waals surface area contributed by atoms with Crippen molar-refractivity contribution >= 4 is 36.4 Å². The van der Waals surface area contributed by atoms with E-state index < -0.39 is 0 Å². The second-order valence-corrected chi connectivity index (χ2v) is 3.96. The number of hydrogen-bond donors (Lipinski definition) is 1. The second-order valence-electron chi connectivity index (χ2n) is 3.96. The van der Waals surface area contributed by atoms with Crippen molar-refractivity contribution in [3.8, 4) is 0 Å².